The molecule has 0 amide bonds. The Bertz CT molecular complexity index is 289. The van der Waals surface area contributed by atoms with E-state index in [2.05, 4.69) is 18.7 Å². The molecule has 0 aliphatic carbocycles. The number of nitrogens with zero attached hydrogens (tertiary/aromatic N) is 1. The quantitative estimate of drug-likeness (QED) is 0.681. The summed E-state index contributed by atoms with van der Waals surface area (Å²) in [7, 11) is 0. The lowest BCUT2D eigenvalue weighted by Crippen LogP contribution is -2.40. The minimum absolute atomic E-state index is 0.141. The molecule has 1 fully saturated rings. The van der Waals surface area contributed by atoms with Crippen molar-refractivity contribution >= 4 is 11.8 Å². The summed E-state index contributed by atoms with van der Waals surface area (Å²) < 4.78 is 4.80. The number of Topliss-reactive ketones (excluding diaryl/α,β-unsaturated/α-hetero) is 1. The normalized spacial score (nSPS) is 19.5. The number of ketones is 1. The van der Waals surface area contributed by atoms with Gasteiger partial charge in [0.05, 0.1) is 19.6 Å². The molecule has 0 aromatic carbocycles. The van der Waals surface area contributed by atoms with Crippen LogP contribution in [0.15, 0.2) is 0 Å². The fraction of sp³-hybridized carbons (Fsp3) is 0.857. The molecule has 1 rings (SSSR count). The molecule has 4 heteroatoms. The van der Waals surface area contributed by atoms with Crippen LogP contribution in [0.5, 0.6) is 0 Å². The first-order valence-electron chi connectivity index (χ1n) is 6.82. The van der Waals surface area contributed by atoms with Crippen LogP contribution in [0.3, 0.4) is 0 Å². The Hall–Kier alpha value is -0.900. The van der Waals surface area contributed by atoms with Crippen LogP contribution in [0.1, 0.15) is 46.5 Å². The van der Waals surface area contributed by atoms with Crippen molar-refractivity contribution in [3.63, 3.8) is 0 Å². The Morgan fingerprint density at radius 1 is 1.17 bits per heavy atom. The lowest BCUT2D eigenvalue weighted by atomic mass is 9.82. The predicted octanol–water partition coefficient (Wildman–Crippen LogP) is 2.02. The van der Waals surface area contributed by atoms with Crippen molar-refractivity contribution in [2.24, 2.45) is 5.41 Å². The average molecular weight is 255 g/mol. The van der Waals surface area contributed by atoms with Gasteiger partial charge in [-0.05, 0) is 38.3 Å². The maximum absolute atomic E-state index is 11.7. The standard InChI is InChI=1S/C14H25NO3/c1-4-18-13(17)6-5-12(16)11-15-9-7-14(2,3)8-10-15/h4-11H2,1-3H3. The van der Waals surface area contributed by atoms with Crippen LogP contribution in [0.2, 0.25) is 0 Å². The summed E-state index contributed by atoms with van der Waals surface area (Å²) in [4.78, 5) is 25.1. The number of carbonyl (C=O) groups excluding carboxylic acids is 2. The van der Waals surface area contributed by atoms with Crippen LogP contribution >= 0.6 is 0 Å². The van der Waals surface area contributed by atoms with Gasteiger partial charge in [-0.2, -0.15) is 0 Å². The third-order valence-corrected chi connectivity index (χ3v) is 3.52. The molecule has 1 saturated heterocycles. The van der Waals surface area contributed by atoms with Crippen molar-refractivity contribution in [3.05, 3.63) is 0 Å². The van der Waals surface area contributed by atoms with E-state index in [-0.39, 0.29) is 18.2 Å². The highest BCUT2D eigenvalue weighted by Gasteiger charge is 2.26. The molecule has 0 N–H and O–H groups in total. The number of hydrogen-bond acceptors (Lipinski definition) is 4. The van der Waals surface area contributed by atoms with Crippen LogP contribution in [-0.2, 0) is 14.3 Å². The number of piperidine rings is 1. The average Bonchev–Trinajstić information content (AvgIpc) is 2.30. The van der Waals surface area contributed by atoms with E-state index in [4.69, 9.17) is 4.74 Å². The van der Waals surface area contributed by atoms with Crippen molar-refractivity contribution in [2.75, 3.05) is 26.2 Å². The van der Waals surface area contributed by atoms with Crippen LogP contribution in [0.4, 0.5) is 0 Å². The van der Waals surface area contributed by atoms with E-state index in [0.717, 1.165) is 25.9 Å². The lowest BCUT2D eigenvalue weighted by Gasteiger charge is -2.36. The second-order valence-electron chi connectivity index (χ2n) is 5.78. The molecule has 0 aromatic rings. The zero-order chi connectivity index (χ0) is 13.6. The Labute approximate surface area is 110 Å². The van der Waals surface area contributed by atoms with Crippen molar-refractivity contribution in [1.29, 1.82) is 0 Å². The van der Waals surface area contributed by atoms with E-state index in [1.807, 2.05) is 0 Å². The summed E-state index contributed by atoms with van der Waals surface area (Å²) in [5.74, 6) is -0.131. The minimum atomic E-state index is -0.273. The fourth-order valence-corrected chi connectivity index (χ4v) is 2.12. The van der Waals surface area contributed by atoms with Gasteiger partial charge < -0.3 is 4.74 Å². The van der Waals surface area contributed by atoms with Gasteiger partial charge in [0.2, 0.25) is 0 Å². The number of ether oxygens (including phenoxy) is 1. The molecular weight excluding hydrogens is 230 g/mol. The molecular formula is C14H25NO3. The summed E-state index contributed by atoms with van der Waals surface area (Å²) in [5, 5.41) is 0. The Balaban J connectivity index is 2.19. The van der Waals surface area contributed by atoms with E-state index in [1.165, 1.54) is 0 Å². The molecule has 1 aliphatic heterocycles. The topological polar surface area (TPSA) is 46.6 Å². The molecule has 0 radical (unpaired) electrons. The van der Waals surface area contributed by atoms with Gasteiger partial charge in [0.25, 0.3) is 0 Å². The molecule has 1 heterocycles. The van der Waals surface area contributed by atoms with E-state index < -0.39 is 0 Å². The summed E-state index contributed by atoms with van der Waals surface area (Å²) in [6, 6.07) is 0. The fourth-order valence-electron chi connectivity index (χ4n) is 2.12. The van der Waals surface area contributed by atoms with Crippen molar-refractivity contribution in [2.45, 2.75) is 46.5 Å². The first kappa shape index (κ1) is 15.2. The van der Waals surface area contributed by atoms with Crippen molar-refractivity contribution in [1.82, 2.24) is 4.90 Å². The smallest absolute Gasteiger partial charge is 0.306 e. The van der Waals surface area contributed by atoms with Gasteiger partial charge in [0.15, 0.2) is 0 Å². The van der Waals surface area contributed by atoms with Gasteiger partial charge in [-0.15, -0.1) is 0 Å². The molecule has 4 nitrogen and oxygen atoms in total. The summed E-state index contributed by atoms with van der Waals surface area (Å²) >= 11 is 0. The zero-order valence-corrected chi connectivity index (χ0v) is 11.8. The third-order valence-electron chi connectivity index (χ3n) is 3.52. The van der Waals surface area contributed by atoms with E-state index in [1.54, 1.807) is 6.92 Å². The van der Waals surface area contributed by atoms with Gasteiger partial charge in [-0.25, -0.2) is 0 Å². The molecule has 0 spiro atoms. The highest BCUT2D eigenvalue weighted by molar-refractivity contribution is 5.84. The SMILES string of the molecule is CCOC(=O)CCC(=O)CN1CCC(C)(C)CC1. The number of esters is 1. The van der Waals surface area contributed by atoms with Gasteiger partial charge in [-0.3, -0.25) is 14.5 Å². The third kappa shape index (κ3) is 5.63. The summed E-state index contributed by atoms with van der Waals surface area (Å²) in [6.07, 6.45) is 2.79. The number of rotatable bonds is 6. The molecule has 0 saturated carbocycles. The lowest BCUT2D eigenvalue weighted by molar-refractivity contribution is -0.144. The van der Waals surface area contributed by atoms with Crippen molar-refractivity contribution < 1.29 is 14.3 Å². The van der Waals surface area contributed by atoms with Gasteiger partial charge in [0.1, 0.15) is 5.78 Å². The van der Waals surface area contributed by atoms with Gasteiger partial charge >= 0.3 is 5.97 Å². The molecule has 0 aromatic heterocycles. The zero-order valence-electron chi connectivity index (χ0n) is 11.8. The highest BCUT2D eigenvalue weighted by atomic mass is 16.5. The van der Waals surface area contributed by atoms with E-state index >= 15 is 0 Å². The molecule has 0 atom stereocenters. The first-order valence-corrected chi connectivity index (χ1v) is 6.82. The Morgan fingerprint density at radius 3 is 2.33 bits per heavy atom. The Morgan fingerprint density at radius 2 is 1.78 bits per heavy atom. The summed E-state index contributed by atoms with van der Waals surface area (Å²) in [5.41, 5.74) is 0.407. The molecule has 104 valence electrons. The second kappa shape index (κ2) is 6.88. The van der Waals surface area contributed by atoms with Gasteiger partial charge in [-0.1, -0.05) is 13.8 Å². The number of carbonyl (C=O) groups is 2. The van der Waals surface area contributed by atoms with E-state index in [9.17, 15) is 9.59 Å². The van der Waals surface area contributed by atoms with Crippen LogP contribution in [-0.4, -0.2) is 42.9 Å². The Kier molecular flexibility index (Phi) is 5.79. The highest BCUT2D eigenvalue weighted by Crippen LogP contribution is 2.29. The molecule has 18 heavy (non-hydrogen) atoms. The molecule has 0 unspecified atom stereocenters. The summed E-state index contributed by atoms with van der Waals surface area (Å²) in [6.45, 7) is 9.15. The van der Waals surface area contributed by atoms with Crippen molar-refractivity contribution in [3.8, 4) is 0 Å². The maximum Gasteiger partial charge on any atom is 0.306 e. The van der Waals surface area contributed by atoms with Crippen LogP contribution in [0, 0.1) is 5.41 Å². The maximum atomic E-state index is 11.7. The largest absolute Gasteiger partial charge is 0.466 e. The van der Waals surface area contributed by atoms with E-state index in [0.29, 0.717) is 25.0 Å². The number of hydrogen-bond donors (Lipinski definition) is 0. The molecule has 0 bridgehead atoms. The first-order chi connectivity index (χ1) is 8.43. The van der Waals surface area contributed by atoms with Crippen LogP contribution < -0.4 is 0 Å². The predicted molar refractivity (Wildman–Crippen MR) is 70.3 cm³/mol. The second-order valence-corrected chi connectivity index (χ2v) is 5.78. The molecule has 1 aliphatic rings. The minimum Gasteiger partial charge on any atom is -0.466 e. The number of likely N-dealkylation sites (tertiary alicyclic amines) is 1. The monoisotopic (exact) mass is 255 g/mol. The van der Waals surface area contributed by atoms with Gasteiger partial charge in [0, 0.05) is 6.42 Å². The van der Waals surface area contributed by atoms with Crippen LogP contribution in [0.25, 0.3) is 0 Å².